The van der Waals surface area contributed by atoms with Crippen LogP contribution in [0.1, 0.15) is 41.0 Å². The summed E-state index contributed by atoms with van der Waals surface area (Å²) >= 11 is 0. The molecule has 0 fully saturated rings. The summed E-state index contributed by atoms with van der Waals surface area (Å²) < 4.78 is 1.25. The number of rotatable bonds is 12. The van der Waals surface area contributed by atoms with Crippen molar-refractivity contribution in [2.24, 2.45) is 10.4 Å². The van der Waals surface area contributed by atoms with Gasteiger partial charge in [0.2, 0.25) is 5.91 Å². The van der Waals surface area contributed by atoms with Gasteiger partial charge >= 0.3 is 5.95 Å². The number of nitro groups is 1. The molecule has 12 heteroatoms. The Labute approximate surface area is 162 Å². The molecular formula is C16H27N7O5. The number of nitrogens with one attached hydrogen (secondary N) is 2. The van der Waals surface area contributed by atoms with Crippen molar-refractivity contribution >= 4 is 11.9 Å². The van der Waals surface area contributed by atoms with Crippen molar-refractivity contribution in [2.75, 3.05) is 6.54 Å². The molecule has 1 aromatic heterocycles. The normalized spacial score (nSPS) is 14.2. The molecule has 2 N–H and O–H groups in total. The quantitative estimate of drug-likeness (QED) is 0.308. The zero-order chi connectivity index (χ0) is 21.5. The van der Waals surface area contributed by atoms with Crippen molar-refractivity contribution in [3.05, 3.63) is 32.3 Å². The highest BCUT2D eigenvalue weighted by Gasteiger charge is 2.34. The molecule has 1 rings (SSSR count). The van der Waals surface area contributed by atoms with Gasteiger partial charge in [0.25, 0.3) is 0 Å². The van der Waals surface area contributed by atoms with Gasteiger partial charge in [-0.2, -0.15) is 9.81 Å². The first-order valence-electron chi connectivity index (χ1n) is 8.81. The second kappa shape index (κ2) is 9.44. The van der Waals surface area contributed by atoms with Crippen LogP contribution in [0.15, 0.2) is 22.7 Å². The number of carbonyl (C=O) groups is 1. The lowest BCUT2D eigenvalue weighted by molar-refractivity contribution is -0.396. The molecule has 1 amide bonds. The van der Waals surface area contributed by atoms with Crippen molar-refractivity contribution in [3.63, 3.8) is 0 Å². The molecule has 0 bridgehead atoms. The van der Waals surface area contributed by atoms with E-state index < -0.39 is 28.1 Å². The minimum Gasteiger partial charge on any atom is -0.390 e. The summed E-state index contributed by atoms with van der Waals surface area (Å²) in [5.41, 5.74) is -1.60. The summed E-state index contributed by atoms with van der Waals surface area (Å²) in [5, 5.41) is 22.8. The molecule has 0 radical (unpaired) electrons. The van der Waals surface area contributed by atoms with Gasteiger partial charge < -0.3 is 20.7 Å². The Morgan fingerprint density at radius 3 is 2.46 bits per heavy atom. The van der Waals surface area contributed by atoms with Gasteiger partial charge in [-0.25, -0.2) is 4.57 Å². The van der Waals surface area contributed by atoms with Gasteiger partial charge in [-0.3, -0.25) is 4.79 Å². The maximum Gasteiger partial charge on any atom is 0.434 e. The Hall–Kier alpha value is -2.76. The van der Waals surface area contributed by atoms with E-state index in [-0.39, 0.29) is 31.4 Å². The van der Waals surface area contributed by atoms with E-state index in [9.17, 15) is 24.7 Å². The lowest BCUT2D eigenvalue weighted by atomic mass is 9.94. The van der Waals surface area contributed by atoms with E-state index in [1.54, 1.807) is 34.6 Å². The largest absolute Gasteiger partial charge is 0.434 e. The molecule has 0 aromatic carbocycles. The van der Waals surface area contributed by atoms with E-state index in [2.05, 4.69) is 26.0 Å². The average Bonchev–Trinajstić information content (AvgIpc) is 3.06. The summed E-state index contributed by atoms with van der Waals surface area (Å²) in [6.45, 7) is 8.70. The zero-order valence-corrected chi connectivity index (χ0v) is 16.7. The van der Waals surface area contributed by atoms with Crippen LogP contribution in [0.5, 0.6) is 0 Å². The third kappa shape index (κ3) is 6.15. The van der Waals surface area contributed by atoms with Crippen LogP contribution in [-0.4, -0.2) is 50.1 Å². The fraction of sp³-hybridized carbons (Fsp3) is 0.750. The monoisotopic (exact) mass is 397 g/mol. The third-order valence-electron chi connectivity index (χ3n) is 4.78. The number of carbonyl (C=O) groups excluding carboxylic acids is 1. The first-order chi connectivity index (χ1) is 12.9. The van der Waals surface area contributed by atoms with Crippen molar-refractivity contribution in [1.29, 1.82) is 0 Å². The van der Waals surface area contributed by atoms with Crippen LogP contribution in [0.3, 0.4) is 0 Å². The number of aromatic nitrogens is 2. The van der Waals surface area contributed by atoms with E-state index in [0.29, 0.717) is 0 Å². The second-order valence-electron chi connectivity index (χ2n) is 7.71. The third-order valence-corrected chi connectivity index (χ3v) is 4.78. The number of amides is 1. The Bertz CT molecular complexity index is 716. The molecule has 2 atom stereocenters. The molecule has 0 saturated heterocycles. The minimum atomic E-state index is -0.834. The number of hydrogen-bond donors (Lipinski definition) is 2. The second-order valence-corrected chi connectivity index (χ2v) is 7.71. The topological polar surface area (TPSA) is 161 Å². The van der Waals surface area contributed by atoms with Crippen LogP contribution < -0.4 is 10.6 Å². The van der Waals surface area contributed by atoms with Gasteiger partial charge in [-0.05, 0) is 39.5 Å². The number of nitroso groups, excluding NO2 is 2. The minimum absolute atomic E-state index is 0.0262. The molecule has 0 aliphatic rings. The van der Waals surface area contributed by atoms with Crippen LogP contribution in [-0.2, 0) is 11.3 Å². The van der Waals surface area contributed by atoms with Gasteiger partial charge in [0.05, 0.1) is 12.1 Å². The van der Waals surface area contributed by atoms with E-state index in [0.717, 1.165) is 0 Å². The van der Waals surface area contributed by atoms with Gasteiger partial charge in [-0.1, -0.05) is 15.3 Å². The van der Waals surface area contributed by atoms with Crippen molar-refractivity contribution in [1.82, 2.24) is 20.2 Å². The SMILES string of the molecule is CC(N=O)C(C)(C)NC(=O)CCNC(C)(C)C(Cn1ccnc1[N+](=O)[O-])N=O. The van der Waals surface area contributed by atoms with Gasteiger partial charge in [0.15, 0.2) is 0 Å². The van der Waals surface area contributed by atoms with Gasteiger partial charge in [-0.15, -0.1) is 0 Å². The van der Waals surface area contributed by atoms with Gasteiger partial charge in [0.1, 0.15) is 24.5 Å². The summed E-state index contributed by atoms with van der Waals surface area (Å²) in [6, 6.07) is -1.42. The summed E-state index contributed by atoms with van der Waals surface area (Å²) in [4.78, 5) is 48.1. The highest BCUT2D eigenvalue weighted by atomic mass is 16.6. The maximum atomic E-state index is 12.1. The first kappa shape index (κ1) is 23.3. The summed E-state index contributed by atoms with van der Waals surface area (Å²) in [7, 11) is 0. The zero-order valence-electron chi connectivity index (χ0n) is 16.7. The molecule has 1 heterocycles. The van der Waals surface area contributed by atoms with Crippen molar-refractivity contribution in [2.45, 2.75) is 70.7 Å². The van der Waals surface area contributed by atoms with E-state index in [1.807, 2.05) is 0 Å². The Morgan fingerprint density at radius 2 is 1.93 bits per heavy atom. The van der Waals surface area contributed by atoms with Crippen LogP contribution in [0.2, 0.25) is 0 Å². The lowest BCUT2D eigenvalue weighted by Crippen LogP contribution is -2.53. The van der Waals surface area contributed by atoms with Crippen molar-refractivity contribution < 1.29 is 9.72 Å². The summed E-state index contributed by atoms with van der Waals surface area (Å²) in [5.74, 6) is -0.645. The van der Waals surface area contributed by atoms with Crippen LogP contribution in [0.4, 0.5) is 5.95 Å². The van der Waals surface area contributed by atoms with Crippen molar-refractivity contribution in [3.8, 4) is 0 Å². The molecule has 2 unspecified atom stereocenters. The molecule has 156 valence electrons. The highest BCUT2D eigenvalue weighted by Crippen LogP contribution is 2.18. The molecule has 0 aliphatic heterocycles. The van der Waals surface area contributed by atoms with Crippen LogP contribution >= 0.6 is 0 Å². The average molecular weight is 397 g/mol. The maximum absolute atomic E-state index is 12.1. The van der Waals surface area contributed by atoms with E-state index >= 15 is 0 Å². The molecule has 28 heavy (non-hydrogen) atoms. The van der Waals surface area contributed by atoms with Crippen LogP contribution in [0.25, 0.3) is 0 Å². The first-order valence-corrected chi connectivity index (χ1v) is 8.81. The van der Waals surface area contributed by atoms with Gasteiger partial charge in [0, 0.05) is 18.5 Å². The molecule has 1 aromatic rings. The lowest BCUT2D eigenvalue weighted by Gasteiger charge is -2.31. The molecule has 0 spiro atoms. The van der Waals surface area contributed by atoms with Crippen LogP contribution in [0, 0.1) is 19.9 Å². The number of nitrogens with zero attached hydrogens (tertiary/aromatic N) is 5. The fourth-order valence-electron chi connectivity index (χ4n) is 2.47. The Kier molecular flexibility index (Phi) is 7.85. The standard InChI is InChI=1S/C16H27N7O5/c1-11(20-25)15(2,3)19-13(24)6-7-18-16(4,5)12(21-26)10-22-9-8-17-14(22)23(27)28/h8-9,11-12,18H,6-7,10H2,1-5H3,(H,19,24). The Morgan fingerprint density at radius 1 is 1.29 bits per heavy atom. The number of hydrogen-bond acceptors (Lipinski definition) is 9. The molecule has 0 saturated carbocycles. The molecule has 12 nitrogen and oxygen atoms in total. The smallest absolute Gasteiger partial charge is 0.390 e. The van der Waals surface area contributed by atoms with E-state index in [4.69, 9.17) is 0 Å². The highest BCUT2D eigenvalue weighted by molar-refractivity contribution is 5.77. The number of imidazole rings is 1. The van der Waals surface area contributed by atoms with E-state index in [1.165, 1.54) is 17.0 Å². The predicted octanol–water partition coefficient (Wildman–Crippen LogP) is 1.73. The Balaban J connectivity index is 2.64. The molecule has 0 aliphatic carbocycles. The summed E-state index contributed by atoms with van der Waals surface area (Å²) in [6.07, 6.45) is 2.79. The molecular weight excluding hydrogens is 370 g/mol. The fourth-order valence-corrected chi connectivity index (χ4v) is 2.47. The predicted molar refractivity (Wildman–Crippen MR) is 103 cm³/mol.